The van der Waals surface area contributed by atoms with Crippen LogP contribution in [0.15, 0.2) is 0 Å². The Labute approximate surface area is 286 Å². The normalized spacial score (nSPS) is 22.1. The topological polar surface area (TPSA) is 255 Å². The van der Waals surface area contributed by atoms with Gasteiger partial charge >= 0.3 is 53.7 Å². The van der Waals surface area contributed by atoms with Crippen LogP contribution in [0.4, 0.5) is 0 Å². The van der Waals surface area contributed by atoms with Crippen LogP contribution in [-0.2, 0) is 95.3 Å². The molecule has 0 saturated carbocycles. The summed E-state index contributed by atoms with van der Waals surface area (Å²) in [5.74, 6) is -8.38. The molecule has 3 unspecified atom stereocenters. The van der Waals surface area contributed by atoms with Crippen LogP contribution >= 0.6 is 0 Å². The molecule has 1 aliphatic rings. The molecule has 1 aliphatic heterocycles. The van der Waals surface area contributed by atoms with Gasteiger partial charge in [-0.1, -0.05) is 0 Å². The lowest BCUT2D eigenvalue weighted by atomic mass is 9.97. The number of rotatable bonds is 17. The van der Waals surface area contributed by atoms with Crippen LogP contribution in [-0.4, -0.2) is 129 Å². The van der Waals surface area contributed by atoms with Crippen LogP contribution in [0.25, 0.3) is 0 Å². The molecule has 282 valence electrons. The molecule has 0 aromatic heterocycles. The molecule has 0 bridgehead atoms. The Bertz CT molecular complexity index is 1260. The lowest BCUT2D eigenvalue weighted by Gasteiger charge is -2.46. The average molecular weight is 723 g/mol. The van der Waals surface area contributed by atoms with Gasteiger partial charge in [-0.2, -0.15) is 0 Å². The lowest BCUT2D eigenvalue weighted by molar-refractivity contribution is -0.331. The molecule has 50 heavy (non-hydrogen) atoms. The first-order chi connectivity index (χ1) is 23.2. The minimum Gasteiger partial charge on any atom is -0.463 e. The predicted molar refractivity (Wildman–Crippen MR) is 157 cm³/mol. The van der Waals surface area contributed by atoms with Gasteiger partial charge in [0.2, 0.25) is 0 Å². The van der Waals surface area contributed by atoms with Gasteiger partial charge in [0.05, 0.1) is 0 Å². The van der Waals surface area contributed by atoms with Crippen molar-refractivity contribution in [3.63, 3.8) is 0 Å². The van der Waals surface area contributed by atoms with E-state index in [1.54, 1.807) is 0 Å². The monoisotopic (exact) mass is 722 g/mol. The van der Waals surface area contributed by atoms with Crippen LogP contribution < -0.4 is 0 Å². The molecule has 20 heteroatoms. The van der Waals surface area contributed by atoms with Gasteiger partial charge in [-0.3, -0.25) is 43.2 Å². The zero-order chi connectivity index (χ0) is 38.3. The van der Waals surface area contributed by atoms with Crippen molar-refractivity contribution in [3.05, 3.63) is 0 Å². The standard InChI is InChI=1S/C30H42O20/c1-13(31)40-10-22(43-16(4)34)25(45-18(6)36)26(23(44-17(5)35)11-41-14(2)32)50-30-29(48-21(9)39)28(47-20(8)38)27(46-19(7)37)24(49-30)12-42-15(3)33/h22-30H,10-12H2,1-9H3/t22-,23?,24?,25+,26-,27+,28?,29+,30+/m1/s1. The Morgan fingerprint density at radius 3 is 1.26 bits per heavy atom. The van der Waals surface area contributed by atoms with Crippen molar-refractivity contribution < 1.29 is 95.3 Å². The van der Waals surface area contributed by atoms with Crippen molar-refractivity contribution in [1.82, 2.24) is 0 Å². The summed E-state index contributed by atoms with van der Waals surface area (Å²) in [5, 5.41) is 0. The highest BCUT2D eigenvalue weighted by Crippen LogP contribution is 2.33. The summed E-state index contributed by atoms with van der Waals surface area (Å²) in [5.41, 5.74) is 0. The molecule has 1 rings (SSSR count). The average Bonchev–Trinajstić information content (AvgIpc) is 2.95. The van der Waals surface area contributed by atoms with Crippen LogP contribution in [0, 0.1) is 0 Å². The highest BCUT2D eigenvalue weighted by Gasteiger charge is 2.55. The Morgan fingerprint density at radius 2 is 0.860 bits per heavy atom. The van der Waals surface area contributed by atoms with Gasteiger partial charge in [-0.15, -0.1) is 0 Å². The number of hydrogen-bond acceptors (Lipinski definition) is 20. The van der Waals surface area contributed by atoms with Gasteiger partial charge in [-0.05, 0) is 0 Å². The highest BCUT2D eigenvalue weighted by atomic mass is 16.8. The Balaban J connectivity index is 4.07. The molecule has 0 aliphatic carbocycles. The third-order valence-corrected chi connectivity index (χ3v) is 6.13. The summed E-state index contributed by atoms with van der Waals surface area (Å²) in [6.07, 6.45) is -15.9. The van der Waals surface area contributed by atoms with E-state index in [0.29, 0.717) is 0 Å². The van der Waals surface area contributed by atoms with Crippen molar-refractivity contribution in [2.24, 2.45) is 0 Å². The van der Waals surface area contributed by atoms with Crippen molar-refractivity contribution >= 4 is 53.7 Å². The maximum Gasteiger partial charge on any atom is 0.303 e. The van der Waals surface area contributed by atoms with E-state index in [4.69, 9.17) is 52.1 Å². The molecule has 1 heterocycles. The first-order valence-electron chi connectivity index (χ1n) is 15.0. The molecule has 1 fully saturated rings. The summed E-state index contributed by atoms with van der Waals surface area (Å²) in [7, 11) is 0. The number of carbonyl (C=O) groups excluding carboxylic acids is 9. The van der Waals surface area contributed by atoms with Crippen LogP contribution in [0.2, 0.25) is 0 Å². The van der Waals surface area contributed by atoms with Gasteiger partial charge in [0.25, 0.3) is 0 Å². The summed E-state index contributed by atoms with van der Waals surface area (Å²) in [4.78, 5) is 109. The largest absolute Gasteiger partial charge is 0.463 e. The first kappa shape index (κ1) is 43.2. The second kappa shape index (κ2) is 20.6. The van der Waals surface area contributed by atoms with Crippen molar-refractivity contribution in [2.75, 3.05) is 19.8 Å². The third-order valence-electron chi connectivity index (χ3n) is 6.13. The second-order valence-electron chi connectivity index (χ2n) is 10.6. The number of carbonyl (C=O) groups is 9. The Hall–Kier alpha value is -4.85. The molecule has 9 atom stereocenters. The summed E-state index contributed by atoms with van der Waals surface area (Å²) >= 11 is 0. The van der Waals surface area contributed by atoms with E-state index in [9.17, 15) is 43.2 Å². The summed E-state index contributed by atoms with van der Waals surface area (Å²) in [6.45, 7) is 6.74. The van der Waals surface area contributed by atoms with Crippen molar-refractivity contribution in [3.8, 4) is 0 Å². The fraction of sp³-hybridized carbons (Fsp3) is 0.700. The van der Waals surface area contributed by atoms with E-state index in [0.717, 1.165) is 62.3 Å². The zero-order valence-electron chi connectivity index (χ0n) is 29.0. The quantitative estimate of drug-likeness (QED) is 0.134. The maximum absolute atomic E-state index is 12.4. The highest BCUT2D eigenvalue weighted by molar-refractivity contribution is 5.70. The summed E-state index contributed by atoms with van der Waals surface area (Å²) in [6, 6.07) is 0. The lowest BCUT2D eigenvalue weighted by Crippen LogP contribution is -2.65. The van der Waals surface area contributed by atoms with Gasteiger partial charge < -0.3 is 52.1 Å². The molecule has 1 saturated heterocycles. The minimum absolute atomic E-state index is 0.654. The molecule has 0 N–H and O–H groups in total. The van der Waals surface area contributed by atoms with Crippen LogP contribution in [0.5, 0.6) is 0 Å². The van der Waals surface area contributed by atoms with E-state index >= 15 is 0 Å². The van der Waals surface area contributed by atoms with Crippen LogP contribution in [0.1, 0.15) is 62.3 Å². The van der Waals surface area contributed by atoms with E-state index in [-0.39, 0.29) is 0 Å². The minimum atomic E-state index is -1.97. The molecule has 20 nitrogen and oxygen atoms in total. The molecule has 0 aromatic carbocycles. The first-order valence-corrected chi connectivity index (χ1v) is 15.0. The van der Waals surface area contributed by atoms with Crippen molar-refractivity contribution in [1.29, 1.82) is 0 Å². The maximum atomic E-state index is 12.4. The third kappa shape index (κ3) is 15.6. The Morgan fingerprint density at radius 1 is 0.460 bits per heavy atom. The van der Waals surface area contributed by atoms with Crippen LogP contribution in [0.3, 0.4) is 0 Å². The molecular formula is C30H42O20. The fourth-order valence-corrected chi connectivity index (χ4v) is 4.59. The number of ether oxygens (including phenoxy) is 11. The van der Waals surface area contributed by atoms with Gasteiger partial charge in [0.15, 0.2) is 42.9 Å². The predicted octanol–water partition coefficient (Wildman–Crippen LogP) is -0.624. The van der Waals surface area contributed by atoms with E-state index < -0.39 is 129 Å². The van der Waals surface area contributed by atoms with Gasteiger partial charge in [0.1, 0.15) is 32.0 Å². The zero-order valence-corrected chi connectivity index (χ0v) is 29.0. The SMILES string of the molecule is CC(=O)OCC1O[C@@H](O[C@H](C(COC(C)=O)OC(C)=O)[C@@H](OC(C)=O)[C@@H](COC(C)=O)OC(C)=O)[C@@H](OC(C)=O)C(OC(C)=O)[C@H]1OC(C)=O. The Kier molecular flexibility index (Phi) is 17.8. The van der Waals surface area contributed by atoms with E-state index in [2.05, 4.69) is 0 Å². The second-order valence-corrected chi connectivity index (χ2v) is 10.6. The summed E-state index contributed by atoms with van der Waals surface area (Å²) < 4.78 is 59.5. The van der Waals surface area contributed by atoms with Crippen molar-refractivity contribution in [2.45, 2.75) is 117 Å². The molecule has 0 radical (unpaired) electrons. The van der Waals surface area contributed by atoms with E-state index in [1.807, 2.05) is 0 Å². The molecular weight excluding hydrogens is 680 g/mol. The van der Waals surface area contributed by atoms with Gasteiger partial charge in [-0.25, -0.2) is 0 Å². The fourth-order valence-electron chi connectivity index (χ4n) is 4.59. The molecule has 0 aromatic rings. The smallest absolute Gasteiger partial charge is 0.303 e. The number of hydrogen-bond donors (Lipinski definition) is 0. The number of esters is 9. The molecule has 0 spiro atoms. The van der Waals surface area contributed by atoms with E-state index in [1.165, 1.54) is 0 Å². The molecule has 0 amide bonds. The van der Waals surface area contributed by atoms with Gasteiger partial charge in [0, 0.05) is 62.3 Å².